The highest BCUT2D eigenvalue weighted by Gasteiger charge is 2.02. The molecule has 3 heteroatoms. The lowest BCUT2D eigenvalue weighted by Gasteiger charge is -2.08. The van der Waals surface area contributed by atoms with Gasteiger partial charge in [0, 0.05) is 11.0 Å². The molecule has 2 aromatic carbocycles. The standard InChI is InChI=1S/C15H15BrFN/c1-2-11-3-5-12(6-4-11)10-18-15-9-13(16)7-8-14(15)17/h3-9,18H,2,10H2,1H3. The van der Waals surface area contributed by atoms with Gasteiger partial charge in [0.2, 0.25) is 0 Å². The highest BCUT2D eigenvalue weighted by molar-refractivity contribution is 9.10. The monoisotopic (exact) mass is 307 g/mol. The summed E-state index contributed by atoms with van der Waals surface area (Å²) in [5.74, 6) is -0.233. The molecule has 1 nitrogen and oxygen atoms in total. The van der Waals surface area contributed by atoms with E-state index in [0.29, 0.717) is 12.2 Å². The molecule has 18 heavy (non-hydrogen) atoms. The summed E-state index contributed by atoms with van der Waals surface area (Å²) in [5.41, 5.74) is 2.97. The molecule has 2 rings (SSSR count). The van der Waals surface area contributed by atoms with Crippen molar-refractivity contribution in [2.24, 2.45) is 0 Å². The fourth-order valence-electron chi connectivity index (χ4n) is 1.72. The minimum atomic E-state index is -0.233. The summed E-state index contributed by atoms with van der Waals surface area (Å²) in [5, 5.41) is 3.10. The molecule has 0 fully saturated rings. The van der Waals surface area contributed by atoms with Gasteiger partial charge < -0.3 is 5.32 Å². The minimum absolute atomic E-state index is 0.233. The fraction of sp³-hybridized carbons (Fsp3) is 0.200. The summed E-state index contributed by atoms with van der Waals surface area (Å²) in [6, 6.07) is 13.2. The summed E-state index contributed by atoms with van der Waals surface area (Å²) >= 11 is 3.33. The summed E-state index contributed by atoms with van der Waals surface area (Å²) < 4.78 is 14.4. The van der Waals surface area contributed by atoms with Crippen LogP contribution in [0.4, 0.5) is 10.1 Å². The van der Waals surface area contributed by atoms with Crippen molar-refractivity contribution < 1.29 is 4.39 Å². The Balaban J connectivity index is 2.04. The zero-order valence-electron chi connectivity index (χ0n) is 10.2. The van der Waals surface area contributed by atoms with Gasteiger partial charge in [0.25, 0.3) is 0 Å². The molecule has 0 radical (unpaired) electrons. The molecular formula is C15H15BrFN. The number of aryl methyl sites for hydroxylation is 1. The molecule has 0 aliphatic heterocycles. The number of halogens is 2. The maximum atomic E-state index is 13.5. The lowest BCUT2D eigenvalue weighted by molar-refractivity contribution is 0.630. The van der Waals surface area contributed by atoms with Gasteiger partial charge in [-0.05, 0) is 35.7 Å². The fourth-order valence-corrected chi connectivity index (χ4v) is 2.08. The largest absolute Gasteiger partial charge is 0.379 e. The Labute approximate surface area is 115 Å². The van der Waals surface area contributed by atoms with Gasteiger partial charge in [-0.1, -0.05) is 47.1 Å². The van der Waals surface area contributed by atoms with E-state index >= 15 is 0 Å². The predicted octanol–water partition coefficient (Wildman–Crippen LogP) is 4.76. The summed E-state index contributed by atoms with van der Waals surface area (Å²) in [4.78, 5) is 0. The van der Waals surface area contributed by atoms with Crippen molar-refractivity contribution in [2.75, 3.05) is 5.32 Å². The average molecular weight is 308 g/mol. The molecule has 0 aliphatic rings. The van der Waals surface area contributed by atoms with Gasteiger partial charge in [-0.15, -0.1) is 0 Å². The van der Waals surface area contributed by atoms with E-state index in [-0.39, 0.29) is 5.82 Å². The lowest BCUT2D eigenvalue weighted by atomic mass is 10.1. The highest BCUT2D eigenvalue weighted by Crippen LogP contribution is 2.20. The third-order valence-corrected chi connectivity index (χ3v) is 3.34. The maximum Gasteiger partial charge on any atom is 0.146 e. The molecule has 1 N–H and O–H groups in total. The van der Waals surface area contributed by atoms with Gasteiger partial charge in [-0.3, -0.25) is 0 Å². The van der Waals surface area contributed by atoms with E-state index < -0.39 is 0 Å². The molecule has 0 amide bonds. The average Bonchev–Trinajstić information content (AvgIpc) is 2.40. The summed E-state index contributed by atoms with van der Waals surface area (Å²) in [6.45, 7) is 2.75. The van der Waals surface area contributed by atoms with Crippen molar-refractivity contribution in [3.05, 3.63) is 63.9 Å². The Morgan fingerprint density at radius 2 is 1.72 bits per heavy atom. The van der Waals surface area contributed by atoms with E-state index in [9.17, 15) is 4.39 Å². The Bertz CT molecular complexity index is 523. The molecule has 0 aromatic heterocycles. The molecule has 0 unspecified atom stereocenters. The van der Waals surface area contributed by atoms with Crippen molar-refractivity contribution >= 4 is 21.6 Å². The normalized spacial score (nSPS) is 10.4. The number of hydrogen-bond acceptors (Lipinski definition) is 1. The van der Waals surface area contributed by atoms with E-state index in [1.54, 1.807) is 12.1 Å². The van der Waals surface area contributed by atoms with Crippen molar-refractivity contribution in [1.82, 2.24) is 0 Å². The van der Waals surface area contributed by atoms with Gasteiger partial charge in [0.1, 0.15) is 5.82 Å². The topological polar surface area (TPSA) is 12.0 Å². The second kappa shape index (κ2) is 6.01. The summed E-state index contributed by atoms with van der Waals surface area (Å²) in [7, 11) is 0. The number of rotatable bonds is 4. The van der Waals surface area contributed by atoms with Gasteiger partial charge in [-0.2, -0.15) is 0 Å². The molecule has 0 atom stereocenters. The van der Waals surface area contributed by atoms with E-state index in [1.807, 2.05) is 0 Å². The van der Waals surface area contributed by atoms with Crippen LogP contribution in [0.2, 0.25) is 0 Å². The molecular weight excluding hydrogens is 293 g/mol. The van der Waals surface area contributed by atoms with E-state index in [2.05, 4.69) is 52.4 Å². The molecule has 2 aromatic rings. The van der Waals surface area contributed by atoms with Crippen LogP contribution in [0.3, 0.4) is 0 Å². The first-order chi connectivity index (χ1) is 8.69. The number of anilines is 1. The van der Waals surface area contributed by atoms with Crippen molar-refractivity contribution in [2.45, 2.75) is 19.9 Å². The third kappa shape index (κ3) is 3.33. The zero-order valence-corrected chi connectivity index (χ0v) is 11.8. The number of hydrogen-bond donors (Lipinski definition) is 1. The van der Waals surface area contributed by atoms with Crippen LogP contribution in [0.1, 0.15) is 18.1 Å². The van der Waals surface area contributed by atoms with Crippen LogP contribution in [0, 0.1) is 5.82 Å². The first-order valence-electron chi connectivity index (χ1n) is 5.96. The van der Waals surface area contributed by atoms with Gasteiger partial charge in [-0.25, -0.2) is 4.39 Å². The zero-order chi connectivity index (χ0) is 13.0. The maximum absolute atomic E-state index is 13.5. The molecule has 94 valence electrons. The lowest BCUT2D eigenvalue weighted by Crippen LogP contribution is -2.01. The van der Waals surface area contributed by atoms with Crippen LogP contribution in [0.15, 0.2) is 46.9 Å². The number of nitrogens with one attached hydrogen (secondary N) is 1. The minimum Gasteiger partial charge on any atom is -0.379 e. The Hall–Kier alpha value is -1.35. The van der Waals surface area contributed by atoms with Crippen LogP contribution in [0.25, 0.3) is 0 Å². The quantitative estimate of drug-likeness (QED) is 0.858. The van der Waals surface area contributed by atoms with Crippen molar-refractivity contribution in [3.8, 4) is 0 Å². The molecule has 0 aliphatic carbocycles. The molecule has 0 saturated heterocycles. The van der Waals surface area contributed by atoms with Crippen LogP contribution in [-0.2, 0) is 13.0 Å². The van der Waals surface area contributed by atoms with Crippen LogP contribution in [0.5, 0.6) is 0 Å². The SMILES string of the molecule is CCc1ccc(CNc2cc(Br)ccc2F)cc1. The Kier molecular flexibility index (Phi) is 4.37. The second-order valence-electron chi connectivity index (χ2n) is 4.15. The number of benzene rings is 2. The molecule has 0 bridgehead atoms. The first-order valence-corrected chi connectivity index (χ1v) is 6.75. The van der Waals surface area contributed by atoms with E-state index in [0.717, 1.165) is 16.5 Å². The predicted molar refractivity (Wildman–Crippen MR) is 77.2 cm³/mol. The summed E-state index contributed by atoms with van der Waals surface area (Å²) in [6.07, 6.45) is 1.04. The van der Waals surface area contributed by atoms with E-state index in [1.165, 1.54) is 11.6 Å². The van der Waals surface area contributed by atoms with E-state index in [4.69, 9.17) is 0 Å². The van der Waals surface area contributed by atoms with Crippen molar-refractivity contribution in [1.29, 1.82) is 0 Å². The third-order valence-electron chi connectivity index (χ3n) is 2.84. The molecule has 0 saturated carbocycles. The van der Waals surface area contributed by atoms with Crippen LogP contribution in [-0.4, -0.2) is 0 Å². The van der Waals surface area contributed by atoms with Crippen LogP contribution < -0.4 is 5.32 Å². The first kappa shape index (κ1) is 13.1. The van der Waals surface area contributed by atoms with Gasteiger partial charge >= 0.3 is 0 Å². The highest BCUT2D eigenvalue weighted by atomic mass is 79.9. The smallest absolute Gasteiger partial charge is 0.146 e. The van der Waals surface area contributed by atoms with Crippen LogP contribution >= 0.6 is 15.9 Å². The molecule has 0 spiro atoms. The van der Waals surface area contributed by atoms with Crippen molar-refractivity contribution in [3.63, 3.8) is 0 Å². The van der Waals surface area contributed by atoms with Gasteiger partial charge in [0.15, 0.2) is 0 Å². The second-order valence-corrected chi connectivity index (χ2v) is 5.06. The Morgan fingerprint density at radius 1 is 1.06 bits per heavy atom. The molecule has 0 heterocycles. The Morgan fingerprint density at radius 3 is 2.39 bits per heavy atom. The van der Waals surface area contributed by atoms with Gasteiger partial charge in [0.05, 0.1) is 5.69 Å².